The maximum Gasteiger partial charge on any atom is 0.227 e. The summed E-state index contributed by atoms with van der Waals surface area (Å²) >= 11 is 0. The first-order chi connectivity index (χ1) is 15.9. The number of fused-ring (bicyclic) bond motifs is 1. The number of halogens is 1. The highest BCUT2D eigenvalue weighted by Gasteiger charge is 2.15. The average molecular weight is 482 g/mol. The quantitative estimate of drug-likeness (QED) is 0.361. The molecule has 0 saturated heterocycles. The van der Waals surface area contributed by atoms with Crippen LogP contribution in [0.25, 0.3) is 22.2 Å². The van der Waals surface area contributed by atoms with Gasteiger partial charge >= 0.3 is 0 Å². The zero-order valence-corrected chi connectivity index (χ0v) is 21.1. The first-order valence-corrected chi connectivity index (χ1v) is 10.8. The van der Waals surface area contributed by atoms with Gasteiger partial charge in [0.2, 0.25) is 5.95 Å². The number of hydrogen-bond donors (Lipinski definition) is 2. The van der Waals surface area contributed by atoms with E-state index in [-0.39, 0.29) is 12.4 Å². The lowest BCUT2D eigenvalue weighted by Gasteiger charge is -2.24. The van der Waals surface area contributed by atoms with Crippen molar-refractivity contribution in [1.82, 2.24) is 19.4 Å². The van der Waals surface area contributed by atoms with Crippen molar-refractivity contribution < 1.29 is 4.74 Å². The molecule has 8 nitrogen and oxygen atoms in total. The molecule has 0 aliphatic carbocycles. The maximum absolute atomic E-state index is 6.40. The minimum atomic E-state index is 0. The molecule has 34 heavy (non-hydrogen) atoms. The number of methoxy groups -OCH3 is 1. The first-order valence-electron chi connectivity index (χ1n) is 10.8. The molecule has 0 saturated carbocycles. The molecule has 0 aliphatic rings. The molecule has 0 radical (unpaired) electrons. The fraction of sp³-hybridized carbons (Fsp3) is 0.280. The maximum atomic E-state index is 6.40. The molecule has 0 spiro atoms. The summed E-state index contributed by atoms with van der Waals surface area (Å²) in [5.74, 6) is 1.15. The highest BCUT2D eigenvalue weighted by atomic mass is 35.5. The summed E-state index contributed by atoms with van der Waals surface area (Å²) < 4.78 is 7.76. The van der Waals surface area contributed by atoms with Crippen LogP contribution in [0.4, 0.5) is 23.0 Å². The van der Waals surface area contributed by atoms with Gasteiger partial charge in [-0.05, 0) is 32.3 Å². The van der Waals surface area contributed by atoms with Gasteiger partial charge < -0.3 is 30.2 Å². The van der Waals surface area contributed by atoms with E-state index in [4.69, 9.17) is 15.5 Å². The second kappa shape index (κ2) is 10.6. The molecule has 180 valence electrons. The van der Waals surface area contributed by atoms with Crippen molar-refractivity contribution in [2.45, 2.75) is 0 Å². The van der Waals surface area contributed by atoms with Crippen LogP contribution in [0.15, 0.2) is 54.9 Å². The number of aryl methyl sites for hydroxylation is 1. The van der Waals surface area contributed by atoms with E-state index < -0.39 is 0 Å². The molecule has 0 amide bonds. The lowest BCUT2D eigenvalue weighted by Crippen LogP contribution is -2.29. The number of aromatic nitrogens is 3. The molecule has 4 aromatic rings. The van der Waals surface area contributed by atoms with E-state index in [1.165, 1.54) is 0 Å². The number of anilines is 4. The Bertz CT molecular complexity index is 1270. The Balaban J connectivity index is 0.00000324. The number of likely N-dealkylation sites (N-methyl/N-ethyl adjacent to an activating group) is 2. The summed E-state index contributed by atoms with van der Waals surface area (Å²) in [5.41, 5.74) is 11.8. The summed E-state index contributed by atoms with van der Waals surface area (Å²) in [7, 11) is 9.82. The van der Waals surface area contributed by atoms with Gasteiger partial charge in [-0.3, -0.25) is 0 Å². The predicted octanol–water partition coefficient (Wildman–Crippen LogP) is 4.39. The molecule has 0 fully saturated rings. The third kappa shape index (κ3) is 5.18. The zero-order valence-electron chi connectivity index (χ0n) is 20.2. The highest BCUT2D eigenvalue weighted by Crippen LogP contribution is 2.36. The second-order valence-electron chi connectivity index (χ2n) is 8.40. The van der Waals surface area contributed by atoms with Gasteiger partial charge in [-0.2, -0.15) is 0 Å². The molecular weight excluding hydrogens is 450 g/mol. The number of benzene rings is 2. The standard InChI is InChI=1S/C25H31N7O.ClH/c1-30(2)12-13-31(3)23-15-24(33-5)21(14-19(23)26)29-25-27-11-10-20(28-25)18-16-32(4)22-9-7-6-8-17(18)22;/h6-11,14-16H,12-13,26H2,1-5H3,(H,27,28,29);1H. The van der Waals surface area contributed by atoms with Crippen molar-refractivity contribution in [3.8, 4) is 17.0 Å². The fourth-order valence-electron chi connectivity index (χ4n) is 3.89. The second-order valence-corrected chi connectivity index (χ2v) is 8.40. The lowest BCUT2D eigenvalue weighted by molar-refractivity contribution is 0.413. The van der Waals surface area contributed by atoms with Crippen molar-refractivity contribution in [3.63, 3.8) is 0 Å². The Morgan fingerprint density at radius 2 is 1.85 bits per heavy atom. The van der Waals surface area contributed by atoms with Crippen LogP contribution in [0.3, 0.4) is 0 Å². The smallest absolute Gasteiger partial charge is 0.227 e. The monoisotopic (exact) mass is 481 g/mol. The Kier molecular flexibility index (Phi) is 7.86. The molecule has 0 unspecified atom stereocenters. The van der Waals surface area contributed by atoms with E-state index >= 15 is 0 Å². The van der Waals surface area contributed by atoms with Crippen LogP contribution >= 0.6 is 12.4 Å². The number of rotatable bonds is 8. The Morgan fingerprint density at radius 1 is 1.09 bits per heavy atom. The SMILES string of the molecule is COc1cc(N(C)CCN(C)C)c(N)cc1Nc1nccc(-c2cn(C)c3ccccc23)n1.Cl. The topological polar surface area (TPSA) is 84.5 Å². The number of hydrogen-bond acceptors (Lipinski definition) is 7. The summed E-state index contributed by atoms with van der Waals surface area (Å²) in [6, 6.07) is 14.0. The molecule has 0 bridgehead atoms. The number of nitrogens with one attached hydrogen (secondary N) is 1. The molecule has 9 heteroatoms. The summed E-state index contributed by atoms with van der Waals surface area (Å²) in [5, 5.41) is 4.43. The summed E-state index contributed by atoms with van der Waals surface area (Å²) in [6.07, 6.45) is 3.85. The molecule has 3 N–H and O–H groups in total. The summed E-state index contributed by atoms with van der Waals surface area (Å²) in [6.45, 7) is 1.77. The lowest BCUT2D eigenvalue weighted by atomic mass is 10.1. The van der Waals surface area contributed by atoms with Gasteiger partial charge in [-0.25, -0.2) is 9.97 Å². The van der Waals surface area contributed by atoms with Gasteiger partial charge in [0.1, 0.15) is 5.75 Å². The van der Waals surface area contributed by atoms with Crippen LogP contribution in [0.5, 0.6) is 5.75 Å². The van der Waals surface area contributed by atoms with E-state index in [0.29, 0.717) is 17.4 Å². The fourth-order valence-corrected chi connectivity index (χ4v) is 3.89. The van der Waals surface area contributed by atoms with E-state index in [2.05, 4.69) is 57.1 Å². The van der Waals surface area contributed by atoms with Crippen LogP contribution in [0.2, 0.25) is 0 Å². The summed E-state index contributed by atoms with van der Waals surface area (Å²) in [4.78, 5) is 13.4. The number of ether oxygens (including phenoxy) is 1. The highest BCUT2D eigenvalue weighted by molar-refractivity contribution is 5.95. The Labute approximate surface area is 206 Å². The van der Waals surface area contributed by atoms with Crippen molar-refractivity contribution >= 4 is 46.3 Å². The van der Waals surface area contributed by atoms with Gasteiger partial charge in [-0.15, -0.1) is 12.4 Å². The van der Waals surface area contributed by atoms with Crippen LogP contribution in [-0.2, 0) is 7.05 Å². The normalized spacial score (nSPS) is 10.9. The van der Waals surface area contributed by atoms with Crippen LogP contribution in [-0.4, -0.2) is 60.8 Å². The van der Waals surface area contributed by atoms with Crippen molar-refractivity contribution in [2.75, 3.05) is 57.3 Å². The Morgan fingerprint density at radius 3 is 2.59 bits per heavy atom. The van der Waals surface area contributed by atoms with Crippen molar-refractivity contribution in [1.29, 1.82) is 0 Å². The van der Waals surface area contributed by atoms with Crippen LogP contribution in [0, 0.1) is 0 Å². The first kappa shape index (κ1) is 25.1. The molecule has 2 heterocycles. The van der Waals surface area contributed by atoms with Crippen molar-refractivity contribution in [2.24, 2.45) is 7.05 Å². The minimum Gasteiger partial charge on any atom is -0.494 e. The van der Waals surface area contributed by atoms with Gasteiger partial charge in [0, 0.05) is 62.1 Å². The molecule has 0 aliphatic heterocycles. The minimum absolute atomic E-state index is 0. The molecule has 0 atom stereocenters. The van der Waals surface area contributed by atoms with E-state index in [9.17, 15) is 0 Å². The molecule has 2 aromatic heterocycles. The van der Waals surface area contributed by atoms with Gasteiger partial charge in [-0.1, -0.05) is 18.2 Å². The van der Waals surface area contributed by atoms with Gasteiger partial charge in [0.05, 0.1) is 29.9 Å². The van der Waals surface area contributed by atoms with E-state index in [0.717, 1.165) is 46.6 Å². The zero-order chi connectivity index (χ0) is 23.5. The third-order valence-electron chi connectivity index (χ3n) is 5.72. The van der Waals surface area contributed by atoms with Gasteiger partial charge in [0.15, 0.2) is 0 Å². The van der Waals surface area contributed by atoms with Gasteiger partial charge in [0.25, 0.3) is 0 Å². The third-order valence-corrected chi connectivity index (χ3v) is 5.72. The average Bonchev–Trinajstić information content (AvgIpc) is 3.14. The number of para-hydroxylation sites is 1. The molecular formula is C25H32ClN7O. The predicted molar refractivity (Wildman–Crippen MR) is 144 cm³/mol. The molecule has 4 rings (SSSR count). The number of nitrogens with zero attached hydrogens (tertiary/aromatic N) is 5. The van der Waals surface area contributed by atoms with Crippen LogP contribution < -0.4 is 20.7 Å². The molecule has 2 aromatic carbocycles. The van der Waals surface area contributed by atoms with E-state index in [1.807, 2.05) is 44.4 Å². The largest absolute Gasteiger partial charge is 0.494 e. The van der Waals surface area contributed by atoms with Crippen LogP contribution in [0.1, 0.15) is 0 Å². The number of nitrogens with two attached hydrogens (primary N) is 1. The number of nitrogen functional groups attached to an aromatic ring is 1. The van der Waals surface area contributed by atoms with E-state index in [1.54, 1.807) is 13.3 Å². The van der Waals surface area contributed by atoms with Crippen molar-refractivity contribution in [3.05, 3.63) is 54.9 Å². The Hall–Kier alpha value is -3.49.